The van der Waals surface area contributed by atoms with Crippen molar-refractivity contribution in [1.29, 1.82) is 0 Å². The van der Waals surface area contributed by atoms with E-state index in [2.05, 4.69) is 13.5 Å². The Labute approximate surface area is 126 Å². The Kier molecular flexibility index (Phi) is 4.53. The smallest absolute Gasteiger partial charge is 0.214 e. The molecule has 0 saturated carbocycles. The summed E-state index contributed by atoms with van der Waals surface area (Å²) in [5, 5.41) is 0. The molecule has 0 amide bonds. The van der Waals surface area contributed by atoms with Crippen molar-refractivity contribution in [2.45, 2.75) is 30.0 Å². The van der Waals surface area contributed by atoms with E-state index in [9.17, 15) is 0 Å². The number of nitrogens with two attached hydrogens (primary N) is 6. The van der Waals surface area contributed by atoms with Crippen LogP contribution in [0.25, 0.3) is 0 Å². The SMILES string of the molecule is CCP1(OC2(N)C=CC(N)C(N)(N)C2(N)N)=NP=NP=N1. The van der Waals surface area contributed by atoms with Gasteiger partial charge in [0.05, 0.1) is 6.04 Å². The quantitative estimate of drug-likeness (QED) is 0.232. The highest BCUT2D eigenvalue weighted by Gasteiger charge is 2.60. The summed E-state index contributed by atoms with van der Waals surface area (Å²) in [6, 6.07) is -0.754. The third kappa shape index (κ3) is 2.66. The topological polar surface area (TPSA) is 202 Å². The molecular formula is C8H20N9OP3. The number of nitrogens with zero attached hydrogens (tertiary/aromatic N) is 3. The predicted molar refractivity (Wildman–Crippen MR) is 85.9 cm³/mol. The zero-order valence-corrected chi connectivity index (χ0v) is 14.2. The lowest BCUT2D eigenvalue weighted by molar-refractivity contribution is -0.00980. The second kappa shape index (κ2) is 5.51. The zero-order valence-electron chi connectivity index (χ0n) is 11.5. The molecule has 0 spiro atoms. The van der Waals surface area contributed by atoms with E-state index in [1.54, 1.807) is 0 Å². The van der Waals surface area contributed by atoms with Gasteiger partial charge < -0.3 is 28.7 Å². The van der Waals surface area contributed by atoms with Crippen LogP contribution in [-0.2, 0) is 4.52 Å². The Morgan fingerprint density at radius 2 is 1.90 bits per heavy atom. The molecule has 118 valence electrons. The van der Waals surface area contributed by atoms with E-state index in [4.69, 9.17) is 38.9 Å². The first-order valence-electron chi connectivity index (χ1n) is 6.13. The van der Waals surface area contributed by atoms with Crippen LogP contribution in [0, 0.1) is 0 Å². The normalized spacial score (nSPS) is 41.6. The van der Waals surface area contributed by atoms with Crippen molar-refractivity contribution >= 4 is 24.5 Å². The second-order valence-electron chi connectivity index (χ2n) is 5.00. The van der Waals surface area contributed by atoms with Crippen molar-refractivity contribution in [3.63, 3.8) is 0 Å². The number of hydrogen-bond acceptors (Lipinski definition) is 10. The van der Waals surface area contributed by atoms with Gasteiger partial charge in [0, 0.05) is 6.16 Å². The Hall–Kier alpha value is -0.110. The lowest BCUT2D eigenvalue weighted by atomic mass is 9.76. The Bertz CT molecular complexity index is 571. The van der Waals surface area contributed by atoms with E-state index in [1.807, 2.05) is 6.92 Å². The largest absolute Gasteiger partial charge is 0.322 e. The highest BCUT2D eigenvalue weighted by Crippen LogP contribution is 2.61. The Balaban J connectivity index is 2.47. The summed E-state index contributed by atoms with van der Waals surface area (Å²) >= 11 is 0. The van der Waals surface area contributed by atoms with Crippen molar-refractivity contribution in [2.24, 2.45) is 47.9 Å². The van der Waals surface area contributed by atoms with Gasteiger partial charge in [0.1, 0.15) is 11.3 Å². The fourth-order valence-electron chi connectivity index (χ4n) is 1.93. The number of rotatable bonds is 3. The monoisotopic (exact) mass is 351 g/mol. The molecule has 0 radical (unpaired) electrons. The van der Waals surface area contributed by atoms with E-state index in [1.165, 1.54) is 12.2 Å². The maximum atomic E-state index is 6.26. The van der Waals surface area contributed by atoms with Gasteiger partial charge in [-0.1, -0.05) is 13.0 Å². The molecule has 0 saturated heterocycles. The molecule has 0 aromatic heterocycles. The average molecular weight is 351 g/mol. The molecule has 13 heteroatoms. The van der Waals surface area contributed by atoms with Crippen molar-refractivity contribution in [1.82, 2.24) is 0 Å². The van der Waals surface area contributed by atoms with Crippen LogP contribution >= 0.6 is 24.5 Å². The van der Waals surface area contributed by atoms with Crippen LogP contribution in [0.15, 0.2) is 25.7 Å². The van der Waals surface area contributed by atoms with Crippen LogP contribution in [-0.4, -0.2) is 29.3 Å². The van der Waals surface area contributed by atoms with E-state index in [0.717, 1.165) is 0 Å². The van der Waals surface area contributed by atoms with Crippen molar-refractivity contribution < 1.29 is 4.52 Å². The first-order chi connectivity index (χ1) is 9.60. The molecule has 1 aliphatic carbocycles. The van der Waals surface area contributed by atoms with Gasteiger partial charge in [-0.3, -0.25) is 10.3 Å². The lowest BCUT2D eigenvalue weighted by Gasteiger charge is -2.54. The van der Waals surface area contributed by atoms with Gasteiger partial charge >= 0.3 is 0 Å². The van der Waals surface area contributed by atoms with Gasteiger partial charge in [0.15, 0.2) is 22.8 Å². The third-order valence-electron chi connectivity index (χ3n) is 3.61. The maximum Gasteiger partial charge on any atom is 0.214 e. The van der Waals surface area contributed by atoms with Gasteiger partial charge in [0.25, 0.3) is 0 Å². The average Bonchev–Trinajstić information content (AvgIpc) is 2.44. The Morgan fingerprint density at radius 3 is 2.43 bits per heavy atom. The Morgan fingerprint density at radius 1 is 1.24 bits per heavy atom. The molecule has 0 aromatic rings. The molecule has 1 aliphatic heterocycles. The van der Waals surface area contributed by atoms with Gasteiger partial charge in [0.2, 0.25) is 7.43 Å². The molecule has 3 atom stereocenters. The molecule has 2 aliphatic rings. The molecule has 21 heavy (non-hydrogen) atoms. The van der Waals surface area contributed by atoms with Gasteiger partial charge in [-0.2, -0.15) is 13.5 Å². The summed E-state index contributed by atoms with van der Waals surface area (Å²) in [5.74, 6) is 0. The molecule has 3 unspecified atom stereocenters. The zero-order chi connectivity index (χ0) is 15.9. The lowest BCUT2D eigenvalue weighted by Crippen LogP contribution is -2.91. The molecule has 1 heterocycles. The van der Waals surface area contributed by atoms with E-state index >= 15 is 0 Å². The molecular weight excluding hydrogens is 331 g/mol. The first kappa shape index (κ1) is 17.2. The molecule has 0 fully saturated rings. The summed E-state index contributed by atoms with van der Waals surface area (Å²) in [6.07, 6.45) is 3.56. The van der Waals surface area contributed by atoms with Crippen molar-refractivity contribution in [2.75, 3.05) is 6.16 Å². The van der Waals surface area contributed by atoms with E-state index in [0.29, 0.717) is 23.2 Å². The minimum absolute atomic E-state index is 0.541. The van der Waals surface area contributed by atoms with Crippen LogP contribution in [0.4, 0.5) is 0 Å². The minimum atomic E-state index is -2.52. The summed E-state index contributed by atoms with van der Waals surface area (Å²) in [4.78, 5) is 0. The predicted octanol–water partition coefficient (Wildman–Crippen LogP) is -0.0632. The summed E-state index contributed by atoms with van der Waals surface area (Å²) in [7, 11) is -1.43. The second-order valence-corrected chi connectivity index (χ2v) is 9.65. The van der Waals surface area contributed by atoms with E-state index in [-0.39, 0.29) is 0 Å². The van der Waals surface area contributed by atoms with Gasteiger partial charge in [-0.15, -0.1) is 0 Å². The van der Waals surface area contributed by atoms with Gasteiger partial charge in [-0.25, -0.2) is 0 Å². The summed E-state index contributed by atoms with van der Waals surface area (Å²) < 4.78 is 18.6. The van der Waals surface area contributed by atoms with Crippen LogP contribution in [0.1, 0.15) is 6.92 Å². The van der Waals surface area contributed by atoms with Crippen molar-refractivity contribution in [3.8, 4) is 0 Å². The highest BCUT2D eigenvalue weighted by molar-refractivity contribution is 7.68. The number of hydrogen-bond donors (Lipinski definition) is 6. The fourth-order valence-corrected chi connectivity index (χ4v) is 6.60. The van der Waals surface area contributed by atoms with Crippen molar-refractivity contribution in [3.05, 3.63) is 12.2 Å². The molecule has 12 N–H and O–H groups in total. The summed E-state index contributed by atoms with van der Waals surface area (Å²) in [5.41, 5.74) is 31.2. The van der Waals surface area contributed by atoms with Crippen LogP contribution in [0.2, 0.25) is 0 Å². The standard InChI is InChI=1S/C8H20N9OP3/c1-2-21(16-19-15-20-17-21)18-6(10)4-3-5(9)7(11,12)8(6,13)14/h3-5H,2,9-14H2,1H3. The molecule has 10 nitrogen and oxygen atoms in total. The van der Waals surface area contributed by atoms with Crippen LogP contribution < -0.4 is 34.4 Å². The fraction of sp³-hybridized carbons (Fsp3) is 0.750. The van der Waals surface area contributed by atoms with E-state index < -0.39 is 30.5 Å². The van der Waals surface area contributed by atoms with Gasteiger partial charge in [-0.05, 0) is 6.08 Å². The summed E-state index contributed by atoms with van der Waals surface area (Å²) in [6.45, 7) is 1.89. The maximum absolute atomic E-state index is 6.26. The molecule has 2 rings (SSSR count). The van der Waals surface area contributed by atoms with Crippen LogP contribution in [0.3, 0.4) is 0 Å². The minimum Gasteiger partial charge on any atom is -0.322 e. The van der Waals surface area contributed by atoms with Crippen LogP contribution in [0.5, 0.6) is 0 Å². The highest BCUT2D eigenvalue weighted by atomic mass is 31.2. The first-order valence-corrected chi connectivity index (χ1v) is 9.53. The molecule has 0 aromatic carbocycles. The molecule has 0 bridgehead atoms. The third-order valence-corrected chi connectivity index (χ3v) is 8.55.